The number of ether oxygens (including phenoxy) is 1. The van der Waals surface area contributed by atoms with Crippen LogP contribution in [0.25, 0.3) is 0 Å². The van der Waals surface area contributed by atoms with Gasteiger partial charge < -0.3 is 15.4 Å². The lowest BCUT2D eigenvalue weighted by Crippen LogP contribution is -2.49. The third kappa shape index (κ3) is 2.89. The first-order valence-electron chi connectivity index (χ1n) is 6.72. The van der Waals surface area contributed by atoms with E-state index in [4.69, 9.17) is 4.74 Å². The Hall–Kier alpha value is -1.55. The molecule has 1 aliphatic carbocycles. The summed E-state index contributed by atoms with van der Waals surface area (Å²) in [5.41, 5.74) is 2.53. The summed E-state index contributed by atoms with van der Waals surface area (Å²) < 4.78 is 5.51. The average Bonchev–Trinajstić information content (AvgIpc) is 2.37. The minimum absolute atomic E-state index is 0.0484. The molecule has 0 radical (unpaired) electrons. The quantitative estimate of drug-likeness (QED) is 0.856. The van der Waals surface area contributed by atoms with Crippen molar-refractivity contribution in [3.63, 3.8) is 0 Å². The monoisotopic (exact) mass is 262 g/mol. The van der Waals surface area contributed by atoms with E-state index in [1.807, 2.05) is 32.2 Å². The highest BCUT2D eigenvalue weighted by Crippen LogP contribution is 2.34. The first kappa shape index (κ1) is 13.9. The van der Waals surface area contributed by atoms with E-state index >= 15 is 0 Å². The normalized spacial score (nSPS) is 16.6. The summed E-state index contributed by atoms with van der Waals surface area (Å²) in [5.74, 6) is -0.0484. The molecule has 2 N–H and O–H groups in total. The number of rotatable bonds is 5. The molecule has 0 unspecified atom stereocenters. The zero-order valence-corrected chi connectivity index (χ0v) is 11.9. The van der Waals surface area contributed by atoms with Gasteiger partial charge in [0.25, 0.3) is 5.91 Å². The lowest BCUT2D eigenvalue weighted by molar-refractivity contribution is -0.0679. The highest BCUT2D eigenvalue weighted by atomic mass is 16.5. The molecule has 1 aliphatic rings. The second-order valence-electron chi connectivity index (χ2n) is 5.22. The molecule has 0 heterocycles. The first-order chi connectivity index (χ1) is 9.10. The number of amides is 1. The van der Waals surface area contributed by atoms with E-state index in [0.717, 1.165) is 24.1 Å². The van der Waals surface area contributed by atoms with Gasteiger partial charge in [-0.1, -0.05) is 6.07 Å². The van der Waals surface area contributed by atoms with E-state index in [1.54, 1.807) is 7.11 Å². The molecule has 19 heavy (non-hydrogen) atoms. The maximum absolute atomic E-state index is 12.2. The summed E-state index contributed by atoms with van der Waals surface area (Å²) in [5, 5.41) is 6.05. The highest BCUT2D eigenvalue weighted by molar-refractivity contribution is 5.99. The maximum atomic E-state index is 12.2. The van der Waals surface area contributed by atoms with E-state index in [9.17, 15) is 4.79 Å². The first-order valence-corrected chi connectivity index (χ1v) is 6.72. The third-order valence-electron chi connectivity index (χ3n) is 3.96. The Bertz CT molecular complexity index is 462. The van der Waals surface area contributed by atoms with Crippen molar-refractivity contribution in [2.75, 3.05) is 26.0 Å². The van der Waals surface area contributed by atoms with Crippen LogP contribution in [0.5, 0.6) is 0 Å². The summed E-state index contributed by atoms with van der Waals surface area (Å²) in [6, 6.07) is 5.78. The fourth-order valence-electron chi connectivity index (χ4n) is 2.42. The molecule has 0 atom stereocenters. The van der Waals surface area contributed by atoms with E-state index in [1.165, 1.54) is 6.42 Å². The molecule has 1 amide bonds. The number of benzene rings is 1. The predicted octanol–water partition coefficient (Wildman–Crippen LogP) is 2.34. The van der Waals surface area contributed by atoms with Crippen molar-refractivity contribution in [1.82, 2.24) is 5.32 Å². The zero-order chi connectivity index (χ0) is 13.9. The van der Waals surface area contributed by atoms with Gasteiger partial charge in [0.15, 0.2) is 0 Å². The fraction of sp³-hybridized carbons (Fsp3) is 0.533. The van der Waals surface area contributed by atoms with Crippen LogP contribution in [0.3, 0.4) is 0 Å². The van der Waals surface area contributed by atoms with Gasteiger partial charge >= 0.3 is 0 Å². The Balaban J connectivity index is 2.03. The van der Waals surface area contributed by atoms with Crippen molar-refractivity contribution < 1.29 is 9.53 Å². The molecule has 104 valence electrons. The predicted molar refractivity (Wildman–Crippen MR) is 76.6 cm³/mol. The van der Waals surface area contributed by atoms with Crippen LogP contribution < -0.4 is 10.6 Å². The smallest absolute Gasteiger partial charge is 0.253 e. The van der Waals surface area contributed by atoms with Crippen LogP contribution in [0.2, 0.25) is 0 Å². The highest BCUT2D eigenvalue weighted by Gasteiger charge is 2.37. The number of hydrogen-bond acceptors (Lipinski definition) is 3. The molecular formula is C15H22N2O2. The number of carbonyl (C=O) groups excluding carboxylic acids is 1. The Morgan fingerprint density at radius 2 is 2.16 bits per heavy atom. The summed E-state index contributed by atoms with van der Waals surface area (Å²) in [7, 11) is 3.55. The zero-order valence-electron chi connectivity index (χ0n) is 11.9. The van der Waals surface area contributed by atoms with Crippen LogP contribution in [0.1, 0.15) is 35.2 Å². The lowest BCUT2D eigenvalue weighted by atomic mass is 9.80. The van der Waals surface area contributed by atoms with Gasteiger partial charge in [-0.25, -0.2) is 0 Å². The van der Waals surface area contributed by atoms with Crippen molar-refractivity contribution in [2.24, 2.45) is 0 Å². The summed E-state index contributed by atoms with van der Waals surface area (Å²) in [6.45, 7) is 2.59. The van der Waals surface area contributed by atoms with E-state index in [2.05, 4.69) is 10.6 Å². The molecule has 0 aliphatic heterocycles. The fourth-order valence-corrected chi connectivity index (χ4v) is 2.42. The third-order valence-corrected chi connectivity index (χ3v) is 3.96. The van der Waals surface area contributed by atoms with Gasteiger partial charge in [-0.2, -0.15) is 0 Å². The Morgan fingerprint density at radius 1 is 1.42 bits per heavy atom. The number of anilines is 1. The van der Waals surface area contributed by atoms with E-state index < -0.39 is 0 Å². The molecule has 2 rings (SSSR count). The van der Waals surface area contributed by atoms with Gasteiger partial charge in [0.2, 0.25) is 0 Å². The number of carbonyl (C=O) groups is 1. The lowest BCUT2D eigenvalue weighted by Gasteiger charge is -2.40. The topological polar surface area (TPSA) is 50.4 Å². The Kier molecular flexibility index (Phi) is 4.10. The van der Waals surface area contributed by atoms with E-state index in [0.29, 0.717) is 12.1 Å². The second kappa shape index (κ2) is 5.61. The van der Waals surface area contributed by atoms with Gasteiger partial charge in [-0.05, 0) is 43.9 Å². The van der Waals surface area contributed by atoms with Crippen LogP contribution in [0, 0.1) is 6.92 Å². The van der Waals surface area contributed by atoms with Crippen molar-refractivity contribution in [3.8, 4) is 0 Å². The molecular weight excluding hydrogens is 240 g/mol. The number of hydrogen-bond donors (Lipinski definition) is 2. The number of methoxy groups -OCH3 is 1. The summed E-state index contributed by atoms with van der Waals surface area (Å²) in [4.78, 5) is 12.2. The molecule has 0 spiro atoms. The van der Waals surface area contributed by atoms with Gasteiger partial charge in [0.05, 0.1) is 11.2 Å². The van der Waals surface area contributed by atoms with Crippen molar-refractivity contribution in [1.29, 1.82) is 0 Å². The molecule has 1 saturated carbocycles. The van der Waals surface area contributed by atoms with Crippen LogP contribution in [0.15, 0.2) is 18.2 Å². The van der Waals surface area contributed by atoms with Crippen molar-refractivity contribution in [2.45, 2.75) is 31.8 Å². The largest absolute Gasteiger partial charge is 0.387 e. The van der Waals surface area contributed by atoms with Crippen molar-refractivity contribution in [3.05, 3.63) is 29.3 Å². The number of aryl methyl sites for hydroxylation is 1. The molecule has 4 nitrogen and oxygen atoms in total. The molecule has 0 saturated heterocycles. The Morgan fingerprint density at radius 3 is 2.68 bits per heavy atom. The second-order valence-corrected chi connectivity index (χ2v) is 5.22. The minimum Gasteiger partial charge on any atom is -0.387 e. The molecule has 0 aromatic heterocycles. The summed E-state index contributed by atoms with van der Waals surface area (Å²) >= 11 is 0. The maximum Gasteiger partial charge on any atom is 0.253 e. The van der Waals surface area contributed by atoms with Gasteiger partial charge in [-0.3, -0.25) is 4.79 Å². The molecule has 4 heteroatoms. The van der Waals surface area contributed by atoms with Gasteiger partial charge in [0.1, 0.15) is 0 Å². The minimum atomic E-state index is -0.139. The molecule has 1 aromatic rings. The van der Waals surface area contributed by atoms with Gasteiger partial charge in [-0.15, -0.1) is 0 Å². The summed E-state index contributed by atoms with van der Waals surface area (Å²) in [6.07, 6.45) is 3.23. The standard InChI is InChI=1S/C15H22N2O2/c1-11-5-6-12(13(9-11)16-2)14(18)17-10-15(19-3)7-4-8-15/h5-6,9,16H,4,7-8,10H2,1-3H3,(H,17,18). The number of nitrogens with one attached hydrogen (secondary N) is 2. The molecule has 0 bridgehead atoms. The molecule has 1 fully saturated rings. The average molecular weight is 262 g/mol. The van der Waals surface area contributed by atoms with E-state index in [-0.39, 0.29) is 11.5 Å². The SMILES string of the molecule is CNc1cc(C)ccc1C(=O)NCC1(OC)CCC1. The Labute approximate surface area is 114 Å². The van der Waals surface area contributed by atoms with Crippen LogP contribution in [0.4, 0.5) is 5.69 Å². The van der Waals surface area contributed by atoms with Crippen LogP contribution >= 0.6 is 0 Å². The van der Waals surface area contributed by atoms with Crippen LogP contribution in [-0.2, 0) is 4.74 Å². The van der Waals surface area contributed by atoms with Gasteiger partial charge in [0, 0.05) is 26.4 Å². The molecule has 1 aromatic carbocycles. The van der Waals surface area contributed by atoms with Crippen LogP contribution in [-0.4, -0.2) is 32.2 Å². The van der Waals surface area contributed by atoms with Crippen molar-refractivity contribution >= 4 is 11.6 Å².